The molecule has 0 atom stereocenters. The molecule has 0 fully saturated rings. The average molecular weight is 296 g/mol. The molecule has 0 N–H and O–H groups in total. The summed E-state index contributed by atoms with van der Waals surface area (Å²) in [5, 5.41) is 2.09. The van der Waals surface area contributed by atoms with Gasteiger partial charge in [-0.2, -0.15) is 0 Å². The van der Waals surface area contributed by atoms with E-state index in [4.69, 9.17) is 4.74 Å². The minimum Gasteiger partial charge on any atom is -0.380 e. The first-order valence-electron chi connectivity index (χ1n) is 6.73. The first-order chi connectivity index (χ1) is 10.3. The van der Waals surface area contributed by atoms with Gasteiger partial charge in [0.25, 0.3) is 0 Å². The zero-order valence-electron chi connectivity index (χ0n) is 12.0. The molecule has 0 unspecified atom stereocenters. The van der Waals surface area contributed by atoms with E-state index < -0.39 is 0 Å². The molecule has 0 saturated carbocycles. The standard InChI is InChI=1S/C17H16N2OS/c1-12-3-8-16-15(9-12)17(19-11-18-16)21-14-6-4-13(5-7-14)10-20-2/h3-9,11H,10H2,1-2H3. The number of hydrogen-bond acceptors (Lipinski definition) is 4. The number of hydrogen-bond donors (Lipinski definition) is 0. The van der Waals surface area contributed by atoms with Gasteiger partial charge in [0.05, 0.1) is 12.1 Å². The fraction of sp³-hybridized carbons (Fsp3) is 0.176. The number of nitrogens with zero attached hydrogens (tertiary/aromatic N) is 2. The maximum atomic E-state index is 5.13. The molecule has 0 aliphatic heterocycles. The van der Waals surface area contributed by atoms with Gasteiger partial charge >= 0.3 is 0 Å². The van der Waals surface area contributed by atoms with Crippen molar-refractivity contribution in [3.8, 4) is 0 Å². The molecule has 3 rings (SSSR count). The number of ether oxygens (including phenoxy) is 1. The van der Waals surface area contributed by atoms with Crippen LogP contribution in [0.1, 0.15) is 11.1 Å². The van der Waals surface area contributed by atoms with Gasteiger partial charge in [-0.05, 0) is 36.8 Å². The lowest BCUT2D eigenvalue weighted by Crippen LogP contribution is -1.89. The van der Waals surface area contributed by atoms with E-state index in [0.717, 1.165) is 20.8 Å². The van der Waals surface area contributed by atoms with E-state index >= 15 is 0 Å². The van der Waals surface area contributed by atoms with Crippen molar-refractivity contribution in [1.82, 2.24) is 9.97 Å². The largest absolute Gasteiger partial charge is 0.380 e. The van der Waals surface area contributed by atoms with Crippen molar-refractivity contribution in [3.05, 3.63) is 59.9 Å². The molecule has 1 aromatic heterocycles. The SMILES string of the molecule is COCc1ccc(Sc2ncnc3ccc(C)cc23)cc1. The van der Waals surface area contributed by atoms with Crippen molar-refractivity contribution >= 4 is 22.7 Å². The van der Waals surface area contributed by atoms with Gasteiger partial charge in [0.15, 0.2) is 0 Å². The molecule has 0 aliphatic rings. The van der Waals surface area contributed by atoms with Crippen LogP contribution in [0.25, 0.3) is 10.9 Å². The van der Waals surface area contributed by atoms with Crippen molar-refractivity contribution in [2.45, 2.75) is 23.5 Å². The molecule has 0 spiro atoms. The topological polar surface area (TPSA) is 35.0 Å². The summed E-state index contributed by atoms with van der Waals surface area (Å²) in [6, 6.07) is 14.6. The van der Waals surface area contributed by atoms with E-state index in [9.17, 15) is 0 Å². The molecule has 1 heterocycles. The normalized spacial score (nSPS) is 11.0. The van der Waals surface area contributed by atoms with E-state index in [0.29, 0.717) is 6.61 Å². The first kappa shape index (κ1) is 14.0. The summed E-state index contributed by atoms with van der Waals surface area (Å²) in [6.45, 7) is 2.72. The molecule has 21 heavy (non-hydrogen) atoms. The predicted molar refractivity (Wildman–Crippen MR) is 85.6 cm³/mol. The van der Waals surface area contributed by atoms with Gasteiger partial charge in [0, 0.05) is 17.4 Å². The second kappa shape index (κ2) is 6.24. The van der Waals surface area contributed by atoms with Gasteiger partial charge in [-0.3, -0.25) is 0 Å². The summed E-state index contributed by atoms with van der Waals surface area (Å²) in [7, 11) is 1.71. The van der Waals surface area contributed by atoms with Crippen LogP contribution in [-0.2, 0) is 11.3 Å². The van der Waals surface area contributed by atoms with Crippen LogP contribution in [0.2, 0.25) is 0 Å². The van der Waals surface area contributed by atoms with Crippen LogP contribution in [0, 0.1) is 6.92 Å². The molecule has 0 amide bonds. The third-order valence-corrected chi connectivity index (χ3v) is 4.23. The summed E-state index contributed by atoms with van der Waals surface area (Å²) in [5.74, 6) is 0. The monoisotopic (exact) mass is 296 g/mol. The number of aryl methyl sites for hydroxylation is 1. The lowest BCUT2D eigenvalue weighted by molar-refractivity contribution is 0.185. The summed E-state index contributed by atoms with van der Waals surface area (Å²) < 4.78 is 5.13. The Balaban J connectivity index is 1.92. The highest BCUT2D eigenvalue weighted by atomic mass is 32.2. The number of benzene rings is 2. The number of rotatable bonds is 4. The molecule has 0 aliphatic carbocycles. The Morgan fingerprint density at radius 3 is 2.62 bits per heavy atom. The molecule has 4 heteroatoms. The van der Waals surface area contributed by atoms with Crippen molar-refractivity contribution in [3.63, 3.8) is 0 Å². The van der Waals surface area contributed by atoms with Crippen LogP contribution in [0.3, 0.4) is 0 Å². The zero-order chi connectivity index (χ0) is 14.7. The lowest BCUT2D eigenvalue weighted by atomic mass is 10.2. The maximum Gasteiger partial charge on any atom is 0.117 e. The van der Waals surface area contributed by atoms with E-state index in [1.54, 1.807) is 25.2 Å². The second-order valence-electron chi connectivity index (χ2n) is 4.88. The highest BCUT2D eigenvalue weighted by molar-refractivity contribution is 7.99. The Hall–Kier alpha value is -1.91. The van der Waals surface area contributed by atoms with Gasteiger partial charge in [-0.25, -0.2) is 9.97 Å². The molecule has 0 radical (unpaired) electrons. The van der Waals surface area contributed by atoms with Crippen LogP contribution in [0.15, 0.2) is 58.7 Å². The Morgan fingerprint density at radius 2 is 1.86 bits per heavy atom. The van der Waals surface area contributed by atoms with Gasteiger partial charge in [0.2, 0.25) is 0 Å². The van der Waals surface area contributed by atoms with Gasteiger partial charge in [-0.15, -0.1) is 0 Å². The van der Waals surface area contributed by atoms with Gasteiger partial charge in [-0.1, -0.05) is 35.5 Å². The lowest BCUT2D eigenvalue weighted by Gasteiger charge is -2.06. The fourth-order valence-electron chi connectivity index (χ4n) is 2.16. The molecular weight excluding hydrogens is 280 g/mol. The van der Waals surface area contributed by atoms with E-state index in [2.05, 4.69) is 53.3 Å². The first-order valence-corrected chi connectivity index (χ1v) is 7.55. The van der Waals surface area contributed by atoms with Crippen molar-refractivity contribution in [2.75, 3.05) is 7.11 Å². The minimum absolute atomic E-state index is 0.639. The maximum absolute atomic E-state index is 5.13. The zero-order valence-corrected chi connectivity index (χ0v) is 12.9. The number of aromatic nitrogens is 2. The Labute approximate surface area is 128 Å². The van der Waals surface area contributed by atoms with E-state index in [1.807, 2.05) is 6.07 Å². The molecular formula is C17H16N2OS. The smallest absolute Gasteiger partial charge is 0.117 e. The van der Waals surface area contributed by atoms with Crippen molar-refractivity contribution in [1.29, 1.82) is 0 Å². The average Bonchev–Trinajstić information content (AvgIpc) is 2.50. The van der Waals surface area contributed by atoms with E-state index in [-0.39, 0.29) is 0 Å². The quantitative estimate of drug-likeness (QED) is 0.675. The van der Waals surface area contributed by atoms with Crippen LogP contribution in [-0.4, -0.2) is 17.1 Å². The van der Waals surface area contributed by atoms with Crippen LogP contribution < -0.4 is 0 Å². The third kappa shape index (κ3) is 3.23. The molecule has 0 bridgehead atoms. The van der Waals surface area contributed by atoms with Crippen LogP contribution in [0.4, 0.5) is 0 Å². The Kier molecular flexibility index (Phi) is 4.18. The number of fused-ring (bicyclic) bond motifs is 1. The molecule has 3 nitrogen and oxygen atoms in total. The minimum atomic E-state index is 0.639. The summed E-state index contributed by atoms with van der Waals surface area (Å²) in [4.78, 5) is 9.91. The molecule has 106 valence electrons. The Bertz CT molecular complexity index is 756. The van der Waals surface area contributed by atoms with Crippen molar-refractivity contribution in [2.24, 2.45) is 0 Å². The van der Waals surface area contributed by atoms with Crippen molar-refractivity contribution < 1.29 is 4.74 Å². The Morgan fingerprint density at radius 1 is 1.05 bits per heavy atom. The van der Waals surface area contributed by atoms with Crippen LogP contribution >= 0.6 is 11.8 Å². The number of methoxy groups -OCH3 is 1. The summed E-state index contributed by atoms with van der Waals surface area (Å²) in [6.07, 6.45) is 1.62. The predicted octanol–water partition coefficient (Wildman–Crippen LogP) is 4.24. The summed E-state index contributed by atoms with van der Waals surface area (Å²) >= 11 is 1.66. The molecule has 3 aromatic rings. The fourth-order valence-corrected chi connectivity index (χ4v) is 3.03. The van der Waals surface area contributed by atoms with Gasteiger partial charge < -0.3 is 4.74 Å². The molecule has 0 saturated heterocycles. The van der Waals surface area contributed by atoms with Gasteiger partial charge in [0.1, 0.15) is 11.4 Å². The molecule has 2 aromatic carbocycles. The highest BCUT2D eigenvalue weighted by Gasteiger charge is 2.06. The highest BCUT2D eigenvalue weighted by Crippen LogP contribution is 2.31. The third-order valence-electron chi connectivity index (χ3n) is 3.20. The summed E-state index contributed by atoms with van der Waals surface area (Å²) in [5.41, 5.74) is 3.37. The van der Waals surface area contributed by atoms with E-state index in [1.165, 1.54) is 11.1 Å². The van der Waals surface area contributed by atoms with Crippen LogP contribution in [0.5, 0.6) is 0 Å². The second-order valence-corrected chi connectivity index (χ2v) is 5.94.